The van der Waals surface area contributed by atoms with Gasteiger partial charge in [0.15, 0.2) is 11.0 Å². The van der Waals surface area contributed by atoms with E-state index in [0.717, 1.165) is 0 Å². The van der Waals surface area contributed by atoms with Crippen LogP contribution in [0.2, 0.25) is 0 Å². The van der Waals surface area contributed by atoms with E-state index >= 15 is 0 Å². The zero-order valence-corrected chi connectivity index (χ0v) is 15.2. The molecule has 1 heterocycles. The fourth-order valence-electron chi connectivity index (χ4n) is 3.59. The van der Waals surface area contributed by atoms with Crippen molar-refractivity contribution in [3.63, 3.8) is 0 Å². The van der Waals surface area contributed by atoms with Crippen molar-refractivity contribution in [1.29, 1.82) is 0 Å². The van der Waals surface area contributed by atoms with Crippen molar-refractivity contribution < 1.29 is 4.57 Å². The molecule has 4 rings (SSSR count). The third kappa shape index (κ3) is 2.54. The van der Waals surface area contributed by atoms with Gasteiger partial charge in [-0.2, -0.15) is 4.57 Å². The van der Waals surface area contributed by atoms with Crippen molar-refractivity contribution in [3.8, 4) is 17.1 Å². The van der Waals surface area contributed by atoms with Gasteiger partial charge in [0.1, 0.15) is 5.69 Å². The Morgan fingerprint density at radius 1 is 0.760 bits per heavy atom. The SMILES string of the molecule is Cc1ccc(C)c(-c2n(-c3ccccc3)c3ccc(C)cc3[n+]2C)c1. The molecule has 0 radical (unpaired) electrons. The van der Waals surface area contributed by atoms with Crippen LogP contribution in [-0.4, -0.2) is 4.57 Å². The molecule has 0 aliphatic carbocycles. The van der Waals surface area contributed by atoms with E-state index in [2.05, 4.69) is 104 Å². The quantitative estimate of drug-likeness (QED) is 0.456. The first-order valence-electron chi connectivity index (χ1n) is 8.70. The Bertz CT molecular complexity index is 1070. The molecule has 0 spiro atoms. The van der Waals surface area contributed by atoms with E-state index < -0.39 is 0 Å². The molecule has 124 valence electrons. The molecule has 0 aliphatic heterocycles. The Balaban J connectivity index is 2.16. The number of rotatable bonds is 2. The predicted octanol–water partition coefficient (Wildman–Crippen LogP) is 5.05. The molecule has 4 aromatic rings. The first-order valence-corrected chi connectivity index (χ1v) is 8.70. The van der Waals surface area contributed by atoms with Crippen LogP contribution >= 0.6 is 0 Å². The van der Waals surface area contributed by atoms with E-state index in [-0.39, 0.29) is 0 Å². The van der Waals surface area contributed by atoms with Crippen LogP contribution in [0.4, 0.5) is 0 Å². The maximum absolute atomic E-state index is 2.37. The summed E-state index contributed by atoms with van der Waals surface area (Å²) in [6.45, 7) is 6.49. The number of aromatic nitrogens is 2. The minimum absolute atomic E-state index is 1.19. The number of imidazole rings is 1. The lowest BCUT2D eigenvalue weighted by Gasteiger charge is -2.07. The standard InChI is InChI=1S/C23H23N2/c1-16-10-12-18(3)20(14-16)23-24(4)22-15-17(2)11-13-21(22)25(23)19-8-6-5-7-9-19/h5-15H,1-4H3/q+1. The van der Waals surface area contributed by atoms with Crippen molar-refractivity contribution in [3.05, 3.63) is 83.4 Å². The van der Waals surface area contributed by atoms with Crippen LogP contribution in [0.25, 0.3) is 28.1 Å². The molecule has 3 aromatic carbocycles. The van der Waals surface area contributed by atoms with Crippen molar-refractivity contribution in [2.45, 2.75) is 20.8 Å². The van der Waals surface area contributed by atoms with Gasteiger partial charge in [-0.15, -0.1) is 0 Å². The normalized spacial score (nSPS) is 11.2. The molecule has 0 saturated carbocycles. The van der Waals surface area contributed by atoms with Crippen LogP contribution in [0, 0.1) is 20.8 Å². The summed E-state index contributed by atoms with van der Waals surface area (Å²) in [5.74, 6) is 1.22. The number of para-hydroxylation sites is 1. The maximum atomic E-state index is 2.37. The van der Waals surface area contributed by atoms with Crippen LogP contribution < -0.4 is 4.57 Å². The summed E-state index contributed by atoms with van der Waals surface area (Å²) in [4.78, 5) is 0. The summed E-state index contributed by atoms with van der Waals surface area (Å²) in [5, 5.41) is 0. The lowest BCUT2D eigenvalue weighted by molar-refractivity contribution is -0.633. The van der Waals surface area contributed by atoms with Crippen LogP contribution in [0.3, 0.4) is 0 Å². The second-order valence-electron chi connectivity index (χ2n) is 6.86. The average Bonchev–Trinajstić information content (AvgIpc) is 2.90. The van der Waals surface area contributed by atoms with Crippen LogP contribution in [0.5, 0.6) is 0 Å². The highest BCUT2D eigenvalue weighted by atomic mass is 15.2. The lowest BCUT2D eigenvalue weighted by atomic mass is 10.0. The molecule has 2 heteroatoms. The molecular formula is C23H23N2+. The van der Waals surface area contributed by atoms with Gasteiger partial charge >= 0.3 is 0 Å². The van der Waals surface area contributed by atoms with Crippen molar-refractivity contribution in [2.24, 2.45) is 7.05 Å². The molecule has 0 N–H and O–H groups in total. The number of nitrogens with zero attached hydrogens (tertiary/aromatic N) is 2. The van der Waals surface area contributed by atoms with Crippen molar-refractivity contribution >= 4 is 11.0 Å². The first-order chi connectivity index (χ1) is 12.1. The number of hydrogen-bond donors (Lipinski definition) is 0. The van der Waals surface area contributed by atoms with Gasteiger partial charge in [0.25, 0.3) is 5.82 Å². The highest BCUT2D eigenvalue weighted by Crippen LogP contribution is 2.30. The van der Waals surface area contributed by atoms with Crippen molar-refractivity contribution in [2.75, 3.05) is 0 Å². The van der Waals surface area contributed by atoms with Gasteiger partial charge in [-0.05, 0) is 62.2 Å². The molecular weight excluding hydrogens is 304 g/mol. The van der Waals surface area contributed by atoms with Crippen LogP contribution in [0.1, 0.15) is 16.7 Å². The summed E-state index contributed by atoms with van der Waals surface area (Å²) < 4.78 is 4.69. The molecule has 0 atom stereocenters. The van der Waals surface area contributed by atoms with E-state index in [9.17, 15) is 0 Å². The van der Waals surface area contributed by atoms with Gasteiger partial charge in [0.2, 0.25) is 0 Å². The minimum atomic E-state index is 1.19. The van der Waals surface area contributed by atoms with E-state index in [4.69, 9.17) is 0 Å². The zero-order chi connectivity index (χ0) is 17.6. The molecule has 2 nitrogen and oxygen atoms in total. The van der Waals surface area contributed by atoms with Crippen LogP contribution in [-0.2, 0) is 7.05 Å². The Morgan fingerprint density at radius 3 is 2.20 bits per heavy atom. The highest BCUT2D eigenvalue weighted by molar-refractivity contribution is 5.80. The zero-order valence-electron chi connectivity index (χ0n) is 15.2. The van der Waals surface area contributed by atoms with Gasteiger partial charge in [-0.3, -0.25) is 0 Å². The molecule has 0 aliphatic rings. The topological polar surface area (TPSA) is 8.81 Å². The summed E-state index contributed by atoms with van der Waals surface area (Å²) >= 11 is 0. The van der Waals surface area contributed by atoms with Crippen molar-refractivity contribution in [1.82, 2.24) is 4.57 Å². The third-order valence-electron chi connectivity index (χ3n) is 4.91. The number of benzene rings is 3. The number of aryl methyl sites for hydroxylation is 4. The lowest BCUT2D eigenvalue weighted by Crippen LogP contribution is -2.30. The smallest absolute Gasteiger partial charge is 0.225 e. The Morgan fingerprint density at radius 2 is 1.44 bits per heavy atom. The van der Waals surface area contributed by atoms with Crippen LogP contribution in [0.15, 0.2) is 66.7 Å². The van der Waals surface area contributed by atoms with Gasteiger partial charge in [-0.25, -0.2) is 4.57 Å². The van der Waals surface area contributed by atoms with E-state index in [1.54, 1.807) is 0 Å². The minimum Gasteiger partial charge on any atom is -0.225 e. The van der Waals surface area contributed by atoms with Gasteiger partial charge in [-0.1, -0.05) is 42.0 Å². The Hall–Kier alpha value is -2.87. The van der Waals surface area contributed by atoms with Gasteiger partial charge in [0.05, 0.1) is 12.6 Å². The predicted molar refractivity (Wildman–Crippen MR) is 104 cm³/mol. The number of hydrogen-bond acceptors (Lipinski definition) is 0. The summed E-state index contributed by atoms with van der Waals surface area (Å²) in [6.07, 6.45) is 0. The fourth-order valence-corrected chi connectivity index (χ4v) is 3.59. The van der Waals surface area contributed by atoms with E-state index in [1.807, 2.05) is 0 Å². The second kappa shape index (κ2) is 5.89. The Labute approximate surface area is 149 Å². The molecule has 0 fully saturated rings. The molecule has 0 saturated heterocycles. The summed E-state index contributed by atoms with van der Waals surface area (Å²) in [5.41, 5.74) is 8.79. The molecule has 0 amide bonds. The molecule has 0 unspecified atom stereocenters. The highest BCUT2D eigenvalue weighted by Gasteiger charge is 2.26. The largest absolute Gasteiger partial charge is 0.295 e. The molecule has 25 heavy (non-hydrogen) atoms. The van der Waals surface area contributed by atoms with Gasteiger partial charge in [0, 0.05) is 0 Å². The fraction of sp³-hybridized carbons (Fsp3) is 0.174. The Kier molecular flexibility index (Phi) is 3.69. The summed E-state index contributed by atoms with van der Waals surface area (Å²) in [6, 6.07) is 24.0. The third-order valence-corrected chi connectivity index (χ3v) is 4.91. The number of fused-ring (bicyclic) bond motifs is 1. The average molecular weight is 327 g/mol. The summed E-state index contributed by atoms with van der Waals surface area (Å²) in [7, 11) is 2.16. The second-order valence-corrected chi connectivity index (χ2v) is 6.86. The van der Waals surface area contributed by atoms with E-state index in [1.165, 1.54) is 44.8 Å². The van der Waals surface area contributed by atoms with E-state index in [0.29, 0.717) is 0 Å². The molecule has 1 aromatic heterocycles. The molecule has 0 bridgehead atoms. The monoisotopic (exact) mass is 327 g/mol. The first kappa shape index (κ1) is 15.6. The maximum Gasteiger partial charge on any atom is 0.295 e. The van der Waals surface area contributed by atoms with Gasteiger partial charge < -0.3 is 0 Å².